The Balaban J connectivity index is 2.95. The van der Waals surface area contributed by atoms with Crippen LogP contribution in [-0.4, -0.2) is 41.3 Å². The molecule has 0 aromatic carbocycles. The maximum absolute atomic E-state index is 12.0. The van der Waals surface area contributed by atoms with Crippen LogP contribution in [0.25, 0.3) is 0 Å². The second-order valence-electron chi connectivity index (χ2n) is 4.57. The smallest absolute Gasteiger partial charge is 0.283 e. The Bertz CT molecular complexity index is 462. The lowest BCUT2D eigenvalue weighted by atomic mass is 10.1. The monoisotopic (exact) mass is 333 g/mol. The molecule has 1 aromatic heterocycles. The van der Waals surface area contributed by atoms with Crippen LogP contribution in [0, 0.1) is 5.92 Å². The fourth-order valence-electron chi connectivity index (χ4n) is 1.60. The Labute approximate surface area is 120 Å². The first-order valence-corrected chi connectivity index (χ1v) is 6.92. The van der Waals surface area contributed by atoms with Crippen LogP contribution >= 0.6 is 15.9 Å². The number of rotatable bonds is 7. The highest BCUT2D eigenvalue weighted by Crippen LogP contribution is 2.19. The zero-order chi connectivity index (χ0) is 14.4. The number of ether oxygens (including phenoxy) is 1. The third-order valence-electron chi connectivity index (χ3n) is 2.79. The van der Waals surface area contributed by atoms with E-state index in [0.29, 0.717) is 22.7 Å². The van der Waals surface area contributed by atoms with Crippen molar-refractivity contribution < 1.29 is 9.84 Å². The van der Waals surface area contributed by atoms with Crippen molar-refractivity contribution >= 4 is 21.6 Å². The minimum absolute atomic E-state index is 0.0937. The second kappa shape index (κ2) is 7.62. The van der Waals surface area contributed by atoms with E-state index in [0.717, 1.165) is 0 Å². The van der Waals surface area contributed by atoms with E-state index in [4.69, 9.17) is 9.84 Å². The van der Waals surface area contributed by atoms with Gasteiger partial charge >= 0.3 is 0 Å². The highest BCUT2D eigenvalue weighted by molar-refractivity contribution is 9.10. The van der Waals surface area contributed by atoms with E-state index < -0.39 is 0 Å². The van der Waals surface area contributed by atoms with Crippen LogP contribution in [0.3, 0.4) is 0 Å². The number of anilines is 1. The third kappa shape index (κ3) is 4.29. The molecule has 1 aromatic rings. The zero-order valence-corrected chi connectivity index (χ0v) is 13.0. The Hall–Kier alpha value is -0.920. The predicted molar refractivity (Wildman–Crippen MR) is 77.4 cm³/mol. The average Bonchev–Trinajstić information content (AvgIpc) is 2.37. The first kappa shape index (κ1) is 16.1. The fraction of sp³-hybridized carbons (Fsp3) is 0.667. The van der Waals surface area contributed by atoms with Crippen LogP contribution in [-0.2, 0) is 11.3 Å². The number of aliphatic hydroxyl groups is 1. The SMILES string of the molecule is COCC(Nc1cnn(CCO)c(=O)c1Br)C(C)C. The first-order chi connectivity index (χ1) is 9.01. The molecule has 7 heteroatoms. The summed E-state index contributed by atoms with van der Waals surface area (Å²) in [5, 5.41) is 16.1. The van der Waals surface area contributed by atoms with Gasteiger partial charge in [0.1, 0.15) is 4.47 Å². The van der Waals surface area contributed by atoms with Crippen LogP contribution in [0.15, 0.2) is 15.5 Å². The average molecular weight is 334 g/mol. The van der Waals surface area contributed by atoms with Crippen LogP contribution in [0.4, 0.5) is 5.69 Å². The maximum Gasteiger partial charge on any atom is 0.283 e. The molecule has 0 saturated heterocycles. The van der Waals surface area contributed by atoms with E-state index in [1.165, 1.54) is 4.68 Å². The van der Waals surface area contributed by atoms with E-state index in [2.05, 4.69) is 40.2 Å². The van der Waals surface area contributed by atoms with Gasteiger partial charge in [-0.25, -0.2) is 4.68 Å². The summed E-state index contributed by atoms with van der Waals surface area (Å²) < 4.78 is 6.79. The molecule has 19 heavy (non-hydrogen) atoms. The molecule has 0 radical (unpaired) electrons. The molecule has 0 fully saturated rings. The largest absolute Gasteiger partial charge is 0.394 e. The van der Waals surface area contributed by atoms with Gasteiger partial charge in [-0.3, -0.25) is 4.79 Å². The Morgan fingerprint density at radius 1 is 1.58 bits per heavy atom. The normalized spacial score (nSPS) is 12.7. The summed E-state index contributed by atoms with van der Waals surface area (Å²) in [5.74, 6) is 0.353. The predicted octanol–water partition coefficient (Wildman–Crippen LogP) is 1.08. The lowest BCUT2D eigenvalue weighted by Crippen LogP contribution is -2.32. The van der Waals surface area contributed by atoms with Crippen LogP contribution in [0.2, 0.25) is 0 Å². The number of hydrogen-bond donors (Lipinski definition) is 2. The van der Waals surface area contributed by atoms with Gasteiger partial charge in [-0.05, 0) is 21.8 Å². The van der Waals surface area contributed by atoms with Gasteiger partial charge in [-0.15, -0.1) is 0 Å². The molecule has 0 bridgehead atoms. The fourth-order valence-corrected chi connectivity index (χ4v) is 2.02. The van der Waals surface area contributed by atoms with Crippen LogP contribution in [0.5, 0.6) is 0 Å². The summed E-state index contributed by atoms with van der Waals surface area (Å²) >= 11 is 3.27. The van der Waals surface area contributed by atoms with Crippen LogP contribution < -0.4 is 10.9 Å². The van der Waals surface area contributed by atoms with Gasteiger partial charge in [-0.2, -0.15) is 5.10 Å². The van der Waals surface area contributed by atoms with Gasteiger partial charge in [0.2, 0.25) is 0 Å². The minimum atomic E-state index is -0.265. The molecular formula is C12H20BrN3O3. The van der Waals surface area contributed by atoms with Gasteiger partial charge in [0.05, 0.1) is 37.7 Å². The van der Waals surface area contributed by atoms with Crippen molar-refractivity contribution in [3.63, 3.8) is 0 Å². The maximum atomic E-state index is 12.0. The number of aliphatic hydroxyl groups excluding tert-OH is 1. The Morgan fingerprint density at radius 2 is 2.26 bits per heavy atom. The summed E-state index contributed by atoms with van der Waals surface area (Å²) in [7, 11) is 1.64. The molecule has 0 amide bonds. The van der Waals surface area contributed by atoms with Crippen molar-refractivity contribution in [1.29, 1.82) is 0 Å². The quantitative estimate of drug-likeness (QED) is 0.780. The van der Waals surface area contributed by atoms with Gasteiger partial charge in [0.15, 0.2) is 0 Å². The number of hydrogen-bond acceptors (Lipinski definition) is 5. The van der Waals surface area contributed by atoms with E-state index in [-0.39, 0.29) is 24.8 Å². The molecule has 1 atom stereocenters. The molecule has 2 N–H and O–H groups in total. The van der Waals surface area contributed by atoms with Crippen molar-refractivity contribution in [2.24, 2.45) is 5.92 Å². The first-order valence-electron chi connectivity index (χ1n) is 6.13. The van der Waals surface area contributed by atoms with Crippen molar-refractivity contribution in [3.8, 4) is 0 Å². The van der Waals surface area contributed by atoms with E-state index in [9.17, 15) is 4.79 Å². The van der Waals surface area contributed by atoms with E-state index in [1.54, 1.807) is 13.3 Å². The standard InChI is InChI=1S/C12H20BrN3O3/c1-8(2)10(7-19-3)15-9-6-14-16(4-5-17)12(18)11(9)13/h6,8,10,15,17H,4-5,7H2,1-3H3. The van der Waals surface area contributed by atoms with Crippen molar-refractivity contribution in [2.45, 2.75) is 26.4 Å². The summed E-state index contributed by atoms with van der Waals surface area (Å²) in [6.45, 7) is 4.76. The molecule has 1 heterocycles. The number of aromatic nitrogens is 2. The molecule has 1 rings (SSSR count). The van der Waals surface area contributed by atoms with Gasteiger partial charge < -0.3 is 15.2 Å². The number of nitrogens with zero attached hydrogens (tertiary/aromatic N) is 2. The second-order valence-corrected chi connectivity index (χ2v) is 5.37. The van der Waals surface area contributed by atoms with Crippen LogP contribution in [0.1, 0.15) is 13.8 Å². The molecule has 1 unspecified atom stereocenters. The van der Waals surface area contributed by atoms with Crippen molar-refractivity contribution in [3.05, 3.63) is 21.0 Å². The Morgan fingerprint density at radius 3 is 2.79 bits per heavy atom. The summed E-state index contributed by atoms with van der Waals surface area (Å²) in [6, 6.07) is 0.0937. The Kier molecular flexibility index (Phi) is 6.47. The zero-order valence-electron chi connectivity index (χ0n) is 11.4. The highest BCUT2D eigenvalue weighted by atomic mass is 79.9. The molecular weight excluding hydrogens is 314 g/mol. The molecule has 6 nitrogen and oxygen atoms in total. The summed E-state index contributed by atoms with van der Waals surface area (Å²) in [4.78, 5) is 12.0. The van der Waals surface area contributed by atoms with Gasteiger partial charge in [0, 0.05) is 7.11 Å². The molecule has 108 valence electrons. The molecule has 0 aliphatic heterocycles. The third-order valence-corrected chi connectivity index (χ3v) is 3.55. The lowest BCUT2D eigenvalue weighted by Gasteiger charge is -2.23. The molecule has 0 spiro atoms. The van der Waals surface area contributed by atoms with Gasteiger partial charge in [-0.1, -0.05) is 13.8 Å². The lowest BCUT2D eigenvalue weighted by molar-refractivity contribution is 0.171. The molecule has 0 aliphatic rings. The topological polar surface area (TPSA) is 76.4 Å². The summed E-state index contributed by atoms with van der Waals surface area (Å²) in [5.41, 5.74) is 0.369. The van der Waals surface area contributed by atoms with E-state index >= 15 is 0 Å². The molecule has 0 saturated carbocycles. The van der Waals surface area contributed by atoms with Crippen molar-refractivity contribution in [2.75, 3.05) is 25.6 Å². The highest BCUT2D eigenvalue weighted by Gasteiger charge is 2.16. The number of nitrogens with one attached hydrogen (secondary N) is 1. The number of halogens is 1. The van der Waals surface area contributed by atoms with Crippen molar-refractivity contribution in [1.82, 2.24) is 9.78 Å². The summed E-state index contributed by atoms with van der Waals surface area (Å²) in [6.07, 6.45) is 1.58. The molecule has 0 aliphatic carbocycles. The minimum Gasteiger partial charge on any atom is -0.394 e. The van der Waals surface area contributed by atoms with Gasteiger partial charge in [0.25, 0.3) is 5.56 Å². The van der Waals surface area contributed by atoms with E-state index in [1.807, 2.05) is 0 Å². The number of methoxy groups -OCH3 is 1.